The zero-order valence-electron chi connectivity index (χ0n) is 8.83. The predicted molar refractivity (Wildman–Crippen MR) is 57.4 cm³/mol. The molecule has 2 rings (SSSR count). The molecule has 1 heterocycles. The van der Waals surface area contributed by atoms with Crippen molar-refractivity contribution in [3.8, 4) is 5.88 Å². The molecule has 16 heavy (non-hydrogen) atoms. The maximum absolute atomic E-state index is 8.45. The molecule has 1 aromatic rings. The van der Waals surface area contributed by atoms with E-state index in [1.165, 1.54) is 25.2 Å². The highest BCUT2D eigenvalue weighted by Gasteiger charge is 2.17. The van der Waals surface area contributed by atoms with E-state index in [1.807, 2.05) is 0 Å². The van der Waals surface area contributed by atoms with E-state index < -0.39 is 0 Å². The smallest absolute Gasteiger partial charge is 0.232 e. The van der Waals surface area contributed by atoms with Crippen LogP contribution in [0.5, 0.6) is 5.88 Å². The summed E-state index contributed by atoms with van der Waals surface area (Å²) in [5, 5.41) is 11.3. The highest BCUT2D eigenvalue weighted by Crippen LogP contribution is 2.22. The number of hydrogen-bond donors (Lipinski definition) is 2. The molecule has 0 bridgehead atoms. The molecule has 0 saturated heterocycles. The molecule has 0 radical (unpaired) electrons. The van der Waals surface area contributed by atoms with Crippen LogP contribution in [0.4, 0.5) is 0 Å². The standard InChI is InChI=1S/C10H14N4O2/c11-10(14-15)8-5-13-9(6-12-8)16-7-3-1-2-4-7/h5-7,15H,1-4H2,(H2,11,14). The first-order valence-corrected chi connectivity index (χ1v) is 5.26. The molecule has 0 amide bonds. The highest BCUT2D eigenvalue weighted by molar-refractivity contribution is 5.94. The molecule has 86 valence electrons. The third kappa shape index (κ3) is 2.39. The molecule has 0 aliphatic heterocycles. The first-order valence-electron chi connectivity index (χ1n) is 5.26. The summed E-state index contributed by atoms with van der Waals surface area (Å²) >= 11 is 0. The number of aromatic nitrogens is 2. The van der Waals surface area contributed by atoms with E-state index in [1.54, 1.807) is 0 Å². The van der Waals surface area contributed by atoms with Gasteiger partial charge in [0.05, 0.1) is 12.4 Å². The van der Waals surface area contributed by atoms with Gasteiger partial charge in [0, 0.05) is 0 Å². The van der Waals surface area contributed by atoms with Crippen molar-refractivity contribution in [3.05, 3.63) is 18.1 Å². The Morgan fingerprint density at radius 1 is 1.38 bits per heavy atom. The van der Waals surface area contributed by atoms with Gasteiger partial charge in [-0.1, -0.05) is 5.16 Å². The summed E-state index contributed by atoms with van der Waals surface area (Å²) in [6.07, 6.45) is 7.74. The maximum Gasteiger partial charge on any atom is 0.232 e. The number of hydrogen-bond acceptors (Lipinski definition) is 5. The lowest BCUT2D eigenvalue weighted by atomic mass is 10.3. The van der Waals surface area contributed by atoms with Crippen molar-refractivity contribution in [1.82, 2.24) is 9.97 Å². The van der Waals surface area contributed by atoms with Crippen LogP contribution >= 0.6 is 0 Å². The average molecular weight is 222 g/mol. The Labute approximate surface area is 93.2 Å². The Hall–Kier alpha value is -1.85. The lowest BCUT2D eigenvalue weighted by Gasteiger charge is -2.11. The Morgan fingerprint density at radius 2 is 2.12 bits per heavy atom. The molecule has 0 unspecified atom stereocenters. The van der Waals surface area contributed by atoms with Crippen LogP contribution in [0.1, 0.15) is 31.4 Å². The van der Waals surface area contributed by atoms with Gasteiger partial charge in [0.1, 0.15) is 11.8 Å². The fourth-order valence-corrected chi connectivity index (χ4v) is 1.74. The van der Waals surface area contributed by atoms with Crippen molar-refractivity contribution in [2.24, 2.45) is 10.9 Å². The van der Waals surface area contributed by atoms with Crippen molar-refractivity contribution in [2.45, 2.75) is 31.8 Å². The Bertz CT molecular complexity index is 371. The van der Waals surface area contributed by atoms with Crippen molar-refractivity contribution in [3.63, 3.8) is 0 Å². The number of amidine groups is 1. The minimum Gasteiger partial charge on any atom is -0.473 e. The molecule has 0 aromatic carbocycles. The molecule has 1 aromatic heterocycles. The van der Waals surface area contributed by atoms with E-state index in [0.717, 1.165) is 12.8 Å². The topological polar surface area (TPSA) is 93.6 Å². The minimum atomic E-state index is -0.0556. The van der Waals surface area contributed by atoms with Crippen LogP contribution < -0.4 is 10.5 Å². The van der Waals surface area contributed by atoms with Gasteiger partial charge in [-0.05, 0) is 25.7 Å². The first-order chi connectivity index (χ1) is 7.79. The van der Waals surface area contributed by atoms with Crippen molar-refractivity contribution in [1.29, 1.82) is 0 Å². The summed E-state index contributed by atoms with van der Waals surface area (Å²) in [6.45, 7) is 0. The fourth-order valence-electron chi connectivity index (χ4n) is 1.74. The summed E-state index contributed by atoms with van der Waals surface area (Å²) in [5.74, 6) is 0.432. The molecule has 1 saturated carbocycles. The van der Waals surface area contributed by atoms with E-state index in [0.29, 0.717) is 11.6 Å². The van der Waals surface area contributed by atoms with E-state index in [4.69, 9.17) is 15.7 Å². The molecular weight excluding hydrogens is 208 g/mol. The molecule has 1 fully saturated rings. The van der Waals surface area contributed by atoms with E-state index in [9.17, 15) is 0 Å². The molecule has 0 atom stereocenters. The van der Waals surface area contributed by atoms with Crippen LogP contribution in [0.2, 0.25) is 0 Å². The third-order valence-corrected chi connectivity index (χ3v) is 2.59. The first kappa shape index (κ1) is 10.7. The number of nitrogens with two attached hydrogens (primary N) is 1. The summed E-state index contributed by atoms with van der Waals surface area (Å²) < 4.78 is 5.63. The maximum atomic E-state index is 8.45. The van der Waals surface area contributed by atoms with Crippen molar-refractivity contribution < 1.29 is 9.94 Å². The quantitative estimate of drug-likeness (QED) is 0.343. The zero-order valence-corrected chi connectivity index (χ0v) is 8.83. The second-order valence-corrected chi connectivity index (χ2v) is 3.75. The summed E-state index contributed by atoms with van der Waals surface area (Å²) in [6, 6.07) is 0. The number of oxime groups is 1. The van der Waals surface area contributed by atoms with Crippen LogP contribution in [0.25, 0.3) is 0 Å². The summed E-state index contributed by atoms with van der Waals surface area (Å²) in [4.78, 5) is 8.04. The Balaban J connectivity index is 2.01. The second kappa shape index (κ2) is 4.78. The largest absolute Gasteiger partial charge is 0.473 e. The molecule has 6 heteroatoms. The van der Waals surface area contributed by atoms with Gasteiger partial charge in [-0.25, -0.2) is 9.97 Å². The van der Waals surface area contributed by atoms with Gasteiger partial charge in [-0.15, -0.1) is 0 Å². The molecule has 1 aliphatic carbocycles. The molecule has 0 spiro atoms. The molecule has 6 nitrogen and oxygen atoms in total. The van der Waals surface area contributed by atoms with Crippen LogP contribution in [-0.4, -0.2) is 27.1 Å². The van der Waals surface area contributed by atoms with E-state index in [2.05, 4.69) is 15.1 Å². The fraction of sp³-hybridized carbons (Fsp3) is 0.500. The molecular formula is C10H14N4O2. The number of ether oxygens (including phenoxy) is 1. The number of nitrogens with zero attached hydrogens (tertiary/aromatic N) is 3. The zero-order chi connectivity index (χ0) is 11.4. The van der Waals surface area contributed by atoms with Gasteiger partial charge in [0.15, 0.2) is 5.84 Å². The van der Waals surface area contributed by atoms with Gasteiger partial charge < -0.3 is 15.7 Å². The van der Waals surface area contributed by atoms with E-state index in [-0.39, 0.29) is 11.9 Å². The van der Waals surface area contributed by atoms with Gasteiger partial charge in [-0.3, -0.25) is 0 Å². The minimum absolute atomic E-state index is 0.0556. The lowest BCUT2D eigenvalue weighted by Crippen LogP contribution is -2.16. The predicted octanol–water partition coefficient (Wildman–Crippen LogP) is 0.892. The van der Waals surface area contributed by atoms with Crippen molar-refractivity contribution in [2.75, 3.05) is 0 Å². The van der Waals surface area contributed by atoms with E-state index >= 15 is 0 Å². The average Bonchev–Trinajstić information content (AvgIpc) is 2.82. The third-order valence-electron chi connectivity index (χ3n) is 2.59. The van der Waals surface area contributed by atoms with Gasteiger partial charge in [0.25, 0.3) is 0 Å². The molecule has 1 aliphatic rings. The highest BCUT2D eigenvalue weighted by atomic mass is 16.5. The van der Waals surface area contributed by atoms with Crippen LogP contribution in [0.3, 0.4) is 0 Å². The Kier molecular flexibility index (Phi) is 3.19. The normalized spacial score (nSPS) is 17.6. The number of rotatable bonds is 3. The Morgan fingerprint density at radius 3 is 2.69 bits per heavy atom. The SMILES string of the molecule is NC(=NO)c1cnc(OC2CCCC2)cn1. The van der Waals surface area contributed by atoms with Gasteiger partial charge >= 0.3 is 0 Å². The molecule has 3 N–H and O–H groups in total. The summed E-state index contributed by atoms with van der Waals surface area (Å²) in [7, 11) is 0. The van der Waals surface area contributed by atoms with Crippen LogP contribution in [0, 0.1) is 0 Å². The van der Waals surface area contributed by atoms with Crippen molar-refractivity contribution >= 4 is 5.84 Å². The van der Waals surface area contributed by atoms with Gasteiger partial charge in [-0.2, -0.15) is 0 Å². The monoisotopic (exact) mass is 222 g/mol. The van der Waals surface area contributed by atoms with Crippen LogP contribution in [0.15, 0.2) is 17.5 Å². The summed E-state index contributed by atoms with van der Waals surface area (Å²) in [5.41, 5.74) is 5.70. The van der Waals surface area contributed by atoms with Gasteiger partial charge in [0.2, 0.25) is 5.88 Å². The van der Waals surface area contributed by atoms with Crippen LogP contribution in [-0.2, 0) is 0 Å². The lowest BCUT2D eigenvalue weighted by molar-refractivity contribution is 0.200. The second-order valence-electron chi connectivity index (χ2n) is 3.75.